The molecule has 3 heteroatoms. The lowest BCUT2D eigenvalue weighted by atomic mass is 10.1. The van der Waals surface area contributed by atoms with Gasteiger partial charge in [-0.1, -0.05) is 24.3 Å². The van der Waals surface area contributed by atoms with Gasteiger partial charge in [-0.2, -0.15) is 0 Å². The van der Waals surface area contributed by atoms with Crippen molar-refractivity contribution in [1.29, 1.82) is 0 Å². The minimum atomic E-state index is 0.847. The summed E-state index contributed by atoms with van der Waals surface area (Å²) in [5.41, 5.74) is 5.10. The van der Waals surface area contributed by atoms with E-state index < -0.39 is 0 Å². The van der Waals surface area contributed by atoms with Crippen molar-refractivity contribution in [3.05, 3.63) is 60.3 Å². The maximum atomic E-state index is 3.63. The summed E-state index contributed by atoms with van der Waals surface area (Å²) in [5, 5.41) is 4.93. The van der Waals surface area contributed by atoms with Crippen molar-refractivity contribution in [1.82, 2.24) is 4.98 Å². The van der Waals surface area contributed by atoms with E-state index in [1.165, 1.54) is 53.8 Å². The molecule has 0 amide bonds. The number of aromatic nitrogens is 1. The van der Waals surface area contributed by atoms with Crippen LogP contribution >= 0.6 is 0 Å². The molecular formula is C19H21N3. The van der Waals surface area contributed by atoms with Gasteiger partial charge in [0.2, 0.25) is 0 Å². The monoisotopic (exact) mass is 291 g/mol. The van der Waals surface area contributed by atoms with E-state index in [1.54, 1.807) is 0 Å². The van der Waals surface area contributed by atoms with E-state index in [0.29, 0.717) is 0 Å². The number of para-hydroxylation sites is 2. The van der Waals surface area contributed by atoms with Crippen LogP contribution in [0.2, 0.25) is 0 Å². The smallest absolute Gasteiger partial charge is 0.0602 e. The molecule has 2 heterocycles. The Balaban J connectivity index is 1.58. The SMILES string of the molecule is c1ccc(N2CCCC2)c(NCc2cccc3[nH]ccc23)c1. The summed E-state index contributed by atoms with van der Waals surface area (Å²) in [4.78, 5) is 5.76. The van der Waals surface area contributed by atoms with Gasteiger partial charge in [-0.25, -0.2) is 0 Å². The van der Waals surface area contributed by atoms with E-state index in [1.807, 2.05) is 6.20 Å². The quantitative estimate of drug-likeness (QED) is 0.747. The van der Waals surface area contributed by atoms with Crippen LogP contribution in [-0.4, -0.2) is 18.1 Å². The first kappa shape index (κ1) is 13.3. The molecule has 1 aliphatic heterocycles. The number of H-pyrrole nitrogens is 1. The first-order chi connectivity index (χ1) is 10.9. The van der Waals surface area contributed by atoms with E-state index in [0.717, 1.165) is 6.54 Å². The average molecular weight is 291 g/mol. The molecule has 0 aliphatic carbocycles. The van der Waals surface area contributed by atoms with Crippen LogP contribution in [0.5, 0.6) is 0 Å². The van der Waals surface area contributed by atoms with Gasteiger partial charge in [-0.3, -0.25) is 0 Å². The van der Waals surface area contributed by atoms with Gasteiger partial charge in [0, 0.05) is 36.7 Å². The Labute approximate surface area is 131 Å². The molecular weight excluding hydrogens is 270 g/mol. The van der Waals surface area contributed by atoms with Gasteiger partial charge in [0.25, 0.3) is 0 Å². The summed E-state index contributed by atoms with van der Waals surface area (Å²) in [5.74, 6) is 0. The third-order valence-corrected chi connectivity index (χ3v) is 4.51. The van der Waals surface area contributed by atoms with Crippen LogP contribution in [0.4, 0.5) is 11.4 Å². The summed E-state index contributed by atoms with van der Waals surface area (Å²) in [6, 6.07) is 17.2. The minimum Gasteiger partial charge on any atom is -0.379 e. The lowest BCUT2D eigenvalue weighted by Gasteiger charge is -2.22. The fraction of sp³-hybridized carbons (Fsp3) is 0.263. The highest BCUT2D eigenvalue weighted by Gasteiger charge is 2.15. The maximum Gasteiger partial charge on any atom is 0.0602 e. The number of fused-ring (bicyclic) bond motifs is 1. The number of rotatable bonds is 4. The highest BCUT2D eigenvalue weighted by molar-refractivity contribution is 5.83. The molecule has 0 unspecified atom stereocenters. The summed E-state index contributed by atoms with van der Waals surface area (Å²) < 4.78 is 0. The Morgan fingerprint density at radius 1 is 0.955 bits per heavy atom. The molecule has 4 rings (SSSR count). The summed E-state index contributed by atoms with van der Waals surface area (Å²) in [6.45, 7) is 3.19. The summed E-state index contributed by atoms with van der Waals surface area (Å²) in [6.07, 6.45) is 4.61. The van der Waals surface area contributed by atoms with Gasteiger partial charge in [0.1, 0.15) is 0 Å². The minimum absolute atomic E-state index is 0.847. The molecule has 1 fully saturated rings. The molecule has 1 aliphatic rings. The molecule has 22 heavy (non-hydrogen) atoms. The zero-order valence-corrected chi connectivity index (χ0v) is 12.7. The first-order valence-electron chi connectivity index (χ1n) is 8.05. The van der Waals surface area contributed by atoms with Gasteiger partial charge in [0.15, 0.2) is 0 Å². The Morgan fingerprint density at radius 2 is 1.82 bits per heavy atom. The van der Waals surface area contributed by atoms with E-state index in [-0.39, 0.29) is 0 Å². The third-order valence-electron chi connectivity index (χ3n) is 4.51. The second kappa shape index (κ2) is 5.76. The highest BCUT2D eigenvalue weighted by Crippen LogP contribution is 2.29. The maximum absolute atomic E-state index is 3.63. The third kappa shape index (κ3) is 2.43. The van der Waals surface area contributed by atoms with Crippen molar-refractivity contribution in [2.24, 2.45) is 0 Å². The van der Waals surface area contributed by atoms with Crippen LogP contribution in [0.1, 0.15) is 18.4 Å². The van der Waals surface area contributed by atoms with Crippen LogP contribution in [0.25, 0.3) is 10.9 Å². The van der Waals surface area contributed by atoms with Crippen molar-refractivity contribution in [2.45, 2.75) is 19.4 Å². The molecule has 3 nitrogen and oxygen atoms in total. The van der Waals surface area contributed by atoms with Crippen molar-refractivity contribution in [2.75, 3.05) is 23.3 Å². The molecule has 3 aromatic rings. The van der Waals surface area contributed by atoms with Crippen molar-refractivity contribution >= 4 is 22.3 Å². The molecule has 2 N–H and O–H groups in total. The molecule has 1 saturated heterocycles. The number of aromatic amines is 1. The fourth-order valence-electron chi connectivity index (χ4n) is 3.35. The van der Waals surface area contributed by atoms with Crippen LogP contribution in [0.15, 0.2) is 54.7 Å². The molecule has 112 valence electrons. The van der Waals surface area contributed by atoms with Crippen molar-refractivity contribution in [3.8, 4) is 0 Å². The molecule has 0 radical (unpaired) electrons. The molecule has 0 saturated carbocycles. The van der Waals surface area contributed by atoms with Gasteiger partial charge in [-0.05, 0) is 42.7 Å². The Hall–Kier alpha value is -2.42. The van der Waals surface area contributed by atoms with E-state index >= 15 is 0 Å². The largest absolute Gasteiger partial charge is 0.379 e. The van der Waals surface area contributed by atoms with Gasteiger partial charge in [0.05, 0.1) is 11.4 Å². The Bertz CT molecular complexity index is 769. The topological polar surface area (TPSA) is 31.1 Å². The van der Waals surface area contributed by atoms with Crippen LogP contribution < -0.4 is 10.2 Å². The molecule has 2 aromatic carbocycles. The first-order valence-corrected chi connectivity index (χ1v) is 8.05. The number of hydrogen-bond acceptors (Lipinski definition) is 2. The van der Waals surface area contributed by atoms with E-state index in [9.17, 15) is 0 Å². The number of nitrogens with zero attached hydrogens (tertiary/aromatic N) is 1. The number of benzene rings is 2. The number of nitrogens with one attached hydrogen (secondary N) is 2. The second-order valence-corrected chi connectivity index (χ2v) is 5.92. The summed E-state index contributed by atoms with van der Waals surface area (Å²) in [7, 11) is 0. The Morgan fingerprint density at radius 3 is 2.73 bits per heavy atom. The van der Waals surface area contributed by atoms with E-state index in [2.05, 4.69) is 63.7 Å². The molecule has 0 bridgehead atoms. The van der Waals surface area contributed by atoms with Crippen LogP contribution in [0.3, 0.4) is 0 Å². The lowest BCUT2D eigenvalue weighted by Crippen LogP contribution is -2.19. The molecule has 0 atom stereocenters. The molecule has 0 spiro atoms. The normalized spacial score (nSPS) is 14.6. The van der Waals surface area contributed by atoms with Gasteiger partial charge in [-0.15, -0.1) is 0 Å². The highest BCUT2D eigenvalue weighted by atomic mass is 15.2. The van der Waals surface area contributed by atoms with Gasteiger partial charge >= 0.3 is 0 Å². The zero-order chi connectivity index (χ0) is 14.8. The average Bonchev–Trinajstić information content (AvgIpc) is 3.24. The number of hydrogen-bond donors (Lipinski definition) is 2. The fourth-order valence-corrected chi connectivity index (χ4v) is 3.35. The van der Waals surface area contributed by atoms with Crippen molar-refractivity contribution < 1.29 is 0 Å². The van der Waals surface area contributed by atoms with Crippen molar-refractivity contribution in [3.63, 3.8) is 0 Å². The van der Waals surface area contributed by atoms with E-state index in [4.69, 9.17) is 0 Å². The van der Waals surface area contributed by atoms with Crippen LogP contribution in [0, 0.1) is 0 Å². The zero-order valence-electron chi connectivity index (χ0n) is 12.7. The second-order valence-electron chi connectivity index (χ2n) is 5.92. The summed E-state index contributed by atoms with van der Waals surface area (Å²) >= 11 is 0. The Kier molecular flexibility index (Phi) is 3.47. The molecule has 1 aromatic heterocycles. The predicted molar refractivity (Wildman–Crippen MR) is 93.5 cm³/mol. The number of anilines is 2. The predicted octanol–water partition coefficient (Wildman–Crippen LogP) is 4.38. The lowest BCUT2D eigenvalue weighted by molar-refractivity contribution is 0.949. The standard InChI is InChI=1S/C19H21N3/c1-2-9-19(22-12-3-4-13-22)18(7-1)21-14-15-6-5-8-17-16(15)10-11-20-17/h1-2,5-11,20-21H,3-4,12-14H2. The van der Waals surface area contributed by atoms with Gasteiger partial charge < -0.3 is 15.2 Å². The van der Waals surface area contributed by atoms with Crippen LogP contribution in [-0.2, 0) is 6.54 Å².